The molecule has 8 nitrogen and oxygen atoms in total. The molecule has 1 N–H and O–H groups in total. The number of rotatable bonds is 5. The lowest BCUT2D eigenvalue weighted by atomic mass is 10.2. The van der Waals surface area contributed by atoms with Crippen molar-refractivity contribution in [1.82, 2.24) is 19.5 Å². The zero-order chi connectivity index (χ0) is 22.8. The fourth-order valence-electron chi connectivity index (χ4n) is 3.88. The number of halogens is 1. The summed E-state index contributed by atoms with van der Waals surface area (Å²) < 4.78 is 7.49. The molecule has 33 heavy (non-hydrogen) atoms. The van der Waals surface area contributed by atoms with Gasteiger partial charge in [-0.1, -0.05) is 47.5 Å². The number of imidazole rings is 1. The molecule has 3 heterocycles. The van der Waals surface area contributed by atoms with Crippen molar-refractivity contribution in [2.75, 3.05) is 36.6 Å². The Bertz CT molecular complexity index is 1330. The molecule has 4 aromatic rings. The van der Waals surface area contributed by atoms with Gasteiger partial charge in [0.15, 0.2) is 17.0 Å². The average Bonchev–Trinajstić information content (AvgIpc) is 3.15. The number of nitrogens with one attached hydrogen (secondary N) is 1. The molecule has 0 amide bonds. The number of ether oxygens (including phenoxy) is 1. The number of aryl methyl sites for hydroxylation is 2. The Morgan fingerprint density at radius 3 is 2.64 bits per heavy atom. The summed E-state index contributed by atoms with van der Waals surface area (Å²) in [5.41, 5.74) is 7.50. The summed E-state index contributed by atoms with van der Waals surface area (Å²) in [6.45, 7) is 6.73. The number of hydrazone groups is 1. The summed E-state index contributed by atoms with van der Waals surface area (Å²) in [4.78, 5) is 16.5. The summed E-state index contributed by atoms with van der Waals surface area (Å²) in [7, 11) is 0. The van der Waals surface area contributed by atoms with Gasteiger partial charge in [-0.3, -0.25) is 9.99 Å². The fourth-order valence-corrected chi connectivity index (χ4v) is 4.07. The van der Waals surface area contributed by atoms with Crippen LogP contribution in [-0.2, 0) is 4.74 Å². The monoisotopic (exact) mass is 461 g/mol. The summed E-state index contributed by atoms with van der Waals surface area (Å²) in [6, 6.07) is 15.8. The maximum absolute atomic E-state index is 6.27. The second-order valence-electron chi connectivity index (χ2n) is 7.90. The smallest absolute Gasteiger partial charge is 0.229 e. The van der Waals surface area contributed by atoms with Crippen molar-refractivity contribution in [2.24, 2.45) is 5.10 Å². The van der Waals surface area contributed by atoms with E-state index in [0.717, 1.165) is 30.2 Å². The number of fused-ring (bicyclic) bond motifs is 1. The number of morpholine rings is 1. The van der Waals surface area contributed by atoms with Gasteiger partial charge < -0.3 is 9.64 Å². The third-order valence-corrected chi connectivity index (χ3v) is 5.68. The quantitative estimate of drug-likeness (QED) is 0.351. The van der Waals surface area contributed by atoms with E-state index >= 15 is 0 Å². The minimum absolute atomic E-state index is 0.550. The molecule has 2 aromatic carbocycles. The predicted octanol–water partition coefficient (Wildman–Crippen LogP) is 4.37. The van der Waals surface area contributed by atoms with Crippen molar-refractivity contribution in [3.63, 3.8) is 0 Å². The van der Waals surface area contributed by atoms with Crippen molar-refractivity contribution < 1.29 is 4.74 Å². The molecule has 5 rings (SSSR count). The largest absolute Gasteiger partial charge is 0.378 e. The van der Waals surface area contributed by atoms with E-state index in [1.165, 1.54) is 5.56 Å². The Morgan fingerprint density at radius 1 is 1.03 bits per heavy atom. The van der Waals surface area contributed by atoms with E-state index in [0.29, 0.717) is 41.2 Å². The molecule has 1 saturated heterocycles. The van der Waals surface area contributed by atoms with Gasteiger partial charge in [-0.05, 0) is 37.6 Å². The Balaban J connectivity index is 1.60. The molecule has 0 radical (unpaired) electrons. The number of benzene rings is 2. The highest BCUT2D eigenvalue weighted by molar-refractivity contribution is 6.30. The van der Waals surface area contributed by atoms with E-state index in [4.69, 9.17) is 31.3 Å². The molecule has 0 saturated carbocycles. The first kappa shape index (κ1) is 21.4. The molecule has 0 spiro atoms. The van der Waals surface area contributed by atoms with E-state index in [1.807, 2.05) is 47.9 Å². The number of hydrogen-bond acceptors (Lipinski definition) is 7. The highest BCUT2D eigenvalue weighted by Gasteiger charge is 2.21. The van der Waals surface area contributed by atoms with Gasteiger partial charge >= 0.3 is 0 Å². The van der Waals surface area contributed by atoms with Crippen LogP contribution in [0.1, 0.15) is 17.0 Å². The van der Waals surface area contributed by atoms with Gasteiger partial charge in [-0.2, -0.15) is 15.1 Å². The summed E-state index contributed by atoms with van der Waals surface area (Å²) in [5.74, 6) is 1.95. The molecule has 2 aromatic heterocycles. The number of hydrogen-bond donors (Lipinski definition) is 1. The summed E-state index contributed by atoms with van der Waals surface area (Å²) in [6.07, 6.45) is 1.77. The summed E-state index contributed by atoms with van der Waals surface area (Å²) >= 11 is 6.27. The first-order valence-electron chi connectivity index (χ1n) is 10.8. The van der Waals surface area contributed by atoms with E-state index in [1.54, 1.807) is 6.21 Å². The highest BCUT2D eigenvalue weighted by atomic mass is 35.5. The van der Waals surface area contributed by atoms with Gasteiger partial charge in [-0.25, -0.2) is 4.98 Å². The van der Waals surface area contributed by atoms with Gasteiger partial charge in [0.2, 0.25) is 5.95 Å². The van der Waals surface area contributed by atoms with Crippen LogP contribution in [0.3, 0.4) is 0 Å². The van der Waals surface area contributed by atoms with Crippen molar-refractivity contribution in [3.05, 3.63) is 70.5 Å². The van der Waals surface area contributed by atoms with Gasteiger partial charge in [0.05, 0.1) is 25.1 Å². The minimum Gasteiger partial charge on any atom is -0.378 e. The standard InChI is InChI=1S/C24H24ClN7O/c1-16-5-3-6-18(13-16)15-26-30-22-21-23(29-24(28-22)31-9-11-33-12-10-31)32(17(2)27-21)20-8-4-7-19(25)14-20/h3-8,13-15H,9-12H2,1-2H3,(H,28,29,30)/b26-15+. The molecular weight excluding hydrogens is 438 g/mol. The number of aromatic nitrogens is 4. The predicted molar refractivity (Wildman–Crippen MR) is 132 cm³/mol. The highest BCUT2D eigenvalue weighted by Crippen LogP contribution is 2.28. The van der Waals surface area contributed by atoms with Gasteiger partial charge in [0.25, 0.3) is 0 Å². The van der Waals surface area contributed by atoms with Crippen molar-refractivity contribution in [2.45, 2.75) is 13.8 Å². The molecule has 1 aliphatic rings. The van der Waals surface area contributed by atoms with Crippen LogP contribution in [0.25, 0.3) is 16.9 Å². The number of anilines is 2. The Labute approximate surface area is 196 Å². The molecule has 1 aliphatic heterocycles. The van der Waals surface area contributed by atoms with Crippen molar-refractivity contribution in [1.29, 1.82) is 0 Å². The van der Waals surface area contributed by atoms with Gasteiger partial charge in [-0.15, -0.1) is 0 Å². The maximum Gasteiger partial charge on any atom is 0.229 e. The Kier molecular flexibility index (Phi) is 5.93. The van der Waals surface area contributed by atoms with Crippen LogP contribution < -0.4 is 10.3 Å². The molecule has 168 valence electrons. The lowest BCUT2D eigenvalue weighted by molar-refractivity contribution is 0.122. The SMILES string of the molecule is Cc1cccc(/C=N/Nc2nc(N3CCOCC3)nc3c2nc(C)n3-c2cccc(Cl)c2)c1. The summed E-state index contributed by atoms with van der Waals surface area (Å²) in [5, 5.41) is 5.09. The first-order valence-corrected chi connectivity index (χ1v) is 11.2. The molecule has 0 aliphatic carbocycles. The average molecular weight is 462 g/mol. The van der Waals surface area contributed by atoms with Crippen molar-refractivity contribution in [3.8, 4) is 5.69 Å². The second kappa shape index (κ2) is 9.17. The molecule has 0 bridgehead atoms. The third-order valence-electron chi connectivity index (χ3n) is 5.45. The van der Waals surface area contributed by atoms with E-state index < -0.39 is 0 Å². The minimum atomic E-state index is 0.550. The fraction of sp³-hybridized carbons (Fsp3) is 0.250. The van der Waals surface area contributed by atoms with Crippen LogP contribution >= 0.6 is 11.6 Å². The van der Waals surface area contributed by atoms with Gasteiger partial charge in [0, 0.05) is 18.1 Å². The Hall–Kier alpha value is -3.49. The lowest BCUT2D eigenvalue weighted by Gasteiger charge is -2.27. The molecule has 0 atom stereocenters. The lowest BCUT2D eigenvalue weighted by Crippen LogP contribution is -2.37. The van der Waals surface area contributed by atoms with Crippen LogP contribution in [0.4, 0.5) is 11.8 Å². The van der Waals surface area contributed by atoms with E-state index in [2.05, 4.69) is 34.5 Å². The number of nitrogens with zero attached hydrogens (tertiary/aromatic N) is 6. The zero-order valence-corrected chi connectivity index (χ0v) is 19.3. The zero-order valence-electron chi connectivity index (χ0n) is 18.5. The maximum atomic E-state index is 6.27. The Morgan fingerprint density at radius 2 is 1.85 bits per heavy atom. The third kappa shape index (κ3) is 4.53. The van der Waals surface area contributed by atoms with E-state index in [-0.39, 0.29) is 0 Å². The molecule has 0 unspecified atom stereocenters. The topological polar surface area (TPSA) is 80.5 Å². The molecule has 1 fully saturated rings. The molecule has 9 heteroatoms. The van der Waals surface area contributed by atoms with Crippen LogP contribution in [-0.4, -0.2) is 52.0 Å². The second-order valence-corrected chi connectivity index (χ2v) is 8.34. The first-order chi connectivity index (χ1) is 16.1. The van der Waals surface area contributed by atoms with Crippen LogP contribution in [0.15, 0.2) is 53.6 Å². The van der Waals surface area contributed by atoms with E-state index in [9.17, 15) is 0 Å². The normalized spacial score (nSPS) is 14.3. The van der Waals surface area contributed by atoms with Crippen LogP contribution in [0.5, 0.6) is 0 Å². The van der Waals surface area contributed by atoms with Crippen LogP contribution in [0, 0.1) is 13.8 Å². The van der Waals surface area contributed by atoms with Crippen molar-refractivity contribution >= 4 is 40.7 Å². The van der Waals surface area contributed by atoms with Crippen LogP contribution in [0.2, 0.25) is 5.02 Å². The molecular formula is C24H24ClN7O. The van der Waals surface area contributed by atoms with Gasteiger partial charge in [0.1, 0.15) is 5.82 Å².